The molecule has 0 bridgehead atoms. The summed E-state index contributed by atoms with van der Waals surface area (Å²) in [7, 11) is 0. The summed E-state index contributed by atoms with van der Waals surface area (Å²) in [4.78, 5) is 5.12. The van der Waals surface area contributed by atoms with Gasteiger partial charge in [-0.3, -0.25) is 4.90 Å². The lowest BCUT2D eigenvalue weighted by Crippen LogP contribution is -2.44. The molecule has 0 aliphatic carbocycles. The smallest absolute Gasteiger partial charge is 0.0194 e. The highest BCUT2D eigenvalue weighted by Gasteiger charge is 2.26. The molecule has 3 heteroatoms. The van der Waals surface area contributed by atoms with Gasteiger partial charge in [0.05, 0.1) is 0 Å². The van der Waals surface area contributed by atoms with Crippen LogP contribution in [0.15, 0.2) is 12.2 Å². The van der Waals surface area contributed by atoms with Gasteiger partial charge in [0.15, 0.2) is 0 Å². The topological polar surface area (TPSA) is 18.5 Å². The Balaban J connectivity index is 1.76. The van der Waals surface area contributed by atoms with Crippen LogP contribution in [0.3, 0.4) is 0 Å². The summed E-state index contributed by atoms with van der Waals surface area (Å²) in [6, 6.07) is 0.687. The maximum Gasteiger partial charge on any atom is 0.0194 e. The second kappa shape index (κ2) is 5.98. The average molecular weight is 237 g/mol. The lowest BCUT2D eigenvalue weighted by Gasteiger charge is -2.29. The molecule has 2 heterocycles. The van der Waals surface area contributed by atoms with Crippen molar-refractivity contribution in [3.05, 3.63) is 12.2 Å². The van der Waals surface area contributed by atoms with E-state index in [1.54, 1.807) is 0 Å². The van der Waals surface area contributed by atoms with Crippen molar-refractivity contribution in [2.45, 2.75) is 26.3 Å². The first-order chi connectivity index (χ1) is 8.16. The van der Waals surface area contributed by atoms with Gasteiger partial charge >= 0.3 is 0 Å². The van der Waals surface area contributed by atoms with Gasteiger partial charge in [-0.25, -0.2) is 0 Å². The molecule has 0 amide bonds. The Morgan fingerprint density at radius 2 is 2.00 bits per heavy atom. The van der Waals surface area contributed by atoms with Gasteiger partial charge in [-0.2, -0.15) is 0 Å². The second-order valence-corrected chi connectivity index (χ2v) is 5.76. The highest BCUT2D eigenvalue weighted by Crippen LogP contribution is 2.24. The standard InChI is InChI=1S/C14H27N3/c1-12(2)17-7-4-14(11-17)13(3)10-16-8-5-15-6-9-16/h12,14-15H,3-11H2,1-2H3. The van der Waals surface area contributed by atoms with Crippen molar-refractivity contribution in [1.29, 1.82) is 0 Å². The van der Waals surface area contributed by atoms with Crippen molar-refractivity contribution >= 4 is 0 Å². The van der Waals surface area contributed by atoms with Crippen molar-refractivity contribution in [3.63, 3.8) is 0 Å². The minimum absolute atomic E-state index is 0.687. The van der Waals surface area contributed by atoms with Crippen LogP contribution in [-0.2, 0) is 0 Å². The number of nitrogens with zero attached hydrogens (tertiary/aromatic N) is 2. The van der Waals surface area contributed by atoms with Crippen LogP contribution < -0.4 is 5.32 Å². The van der Waals surface area contributed by atoms with Gasteiger partial charge < -0.3 is 10.2 Å². The number of likely N-dealkylation sites (tertiary alicyclic amines) is 1. The van der Waals surface area contributed by atoms with Crippen molar-refractivity contribution < 1.29 is 0 Å². The molecule has 0 radical (unpaired) electrons. The van der Waals surface area contributed by atoms with Crippen LogP contribution in [0.5, 0.6) is 0 Å². The normalized spacial score (nSPS) is 27.8. The predicted molar refractivity (Wildman–Crippen MR) is 73.3 cm³/mol. The first kappa shape index (κ1) is 13.1. The van der Waals surface area contributed by atoms with Crippen molar-refractivity contribution in [3.8, 4) is 0 Å². The van der Waals surface area contributed by atoms with Crippen molar-refractivity contribution in [2.24, 2.45) is 5.92 Å². The molecule has 0 spiro atoms. The van der Waals surface area contributed by atoms with E-state index in [1.807, 2.05) is 0 Å². The molecule has 98 valence electrons. The fraction of sp³-hybridized carbons (Fsp3) is 0.857. The lowest BCUT2D eigenvalue weighted by atomic mass is 9.99. The van der Waals surface area contributed by atoms with Crippen LogP contribution in [-0.4, -0.2) is 61.7 Å². The zero-order chi connectivity index (χ0) is 12.3. The van der Waals surface area contributed by atoms with E-state index in [2.05, 4.69) is 35.5 Å². The molecular formula is C14H27N3. The van der Waals surface area contributed by atoms with Crippen LogP contribution in [0.25, 0.3) is 0 Å². The maximum absolute atomic E-state index is 4.34. The van der Waals surface area contributed by atoms with E-state index >= 15 is 0 Å². The summed E-state index contributed by atoms with van der Waals surface area (Å²) in [5.74, 6) is 0.729. The van der Waals surface area contributed by atoms with E-state index in [4.69, 9.17) is 0 Å². The molecule has 0 aromatic heterocycles. The first-order valence-corrected chi connectivity index (χ1v) is 7.01. The van der Waals surface area contributed by atoms with E-state index in [1.165, 1.54) is 38.2 Å². The van der Waals surface area contributed by atoms with Gasteiger partial charge in [-0.1, -0.05) is 12.2 Å². The van der Waals surface area contributed by atoms with Crippen LogP contribution in [0.1, 0.15) is 20.3 Å². The first-order valence-electron chi connectivity index (χ1n) is 7.01. The van der Waals surface area contributed by atoms with E-state index in [-0.39, 0.29) is 0 Å². The Bertz CT molecular complexity index is 256. The highest BCUT2D eigenvalue weighted by molar-refractivity contribution is 5.07. The maximum atomic E-state index is 4.34. The Morgan fingerprint density at radius 1 is 1.29 bits per heavy atom. The molecular weight excluding hydrogens is 210 g/mol. The Kier molecular flexibility index (Phi) is 4.60. The van der Waals surface area contributed by atoms with Crippen molar-refractivity contribution in [2.75, 3.05) is 45.8 Å². The molecule has 0 aromatic carbocycles. The zero-order valence-electron chi connectivity index (χ0n) is 11.4. The van der Waals surface area contributed by atoms with Gasteiger partial charge in [0.25, 0.3) is 0 Å². The molecule has 17 heavy (non-hydrogen) atoms. The van der Waals surface area contributed by atoms with Gasteiger partial charge in [0.1, 0.15) is 0 Å². The van der Waals surface area contributed by atoms with E-state index < -0.39 is 0 Å². The lowest BCUT2D eigenvalue weighted by molar-refractivity contribution is 0.246. The summed E-state index contributed by atoms with van der Waals surface area (Å²) in [5.41, 5.74) is 1.45. The minimum atomic E-state index is 0.687. The Hall–Kier alpha value is -0.380. The summed E-state index contributed by atoms with van der Waals surface area (Å²) in [5, 5.41) is 3.40. The highest BCUT2D eigenvalue weighted by atomic mass is 15.2. The third kappa shape index (κ3) is 3.54. The summed E-state index contributed by atoms with van der Waals surface area (Å²) < 4.78 is 0. The molecule has 2 aliphatic heterocycles. The molecule has 3 nitrogen and oxygen atoms in total. The number of hydrogen-bond acceptors (Lipinski definition) is 3. The number of hydrogen-bond donors (Lipinski definition) is 1. The monoisotopic (exact) mass is 237 g/mol. The van der Waals surface area contributed by atoms with Gasteiger partial charge in [-0.15, -0.1) is 0 Å². The zero-order valence-corrected chi connectivity index (χ0v) is 11.4. The van der Waals surface area contributed by atoms with Crippen LogP contribution in [0, 0.1) is 5.92 Å². The Morgan fingerprint density at radius 3 is 2.59 bits per heavy atom. The molecule has 0 saturated carbocycles. The molecule has 1 N–H and O–H groups in total. The summed E-state index contributed by atoms with van der Waals surface area (Å²) >= 11 is 0. The van der Waals surface area contributed by atoms with Gasteiger partial charge in [-0.05, 0) is 32.7 Å². The predicted octanol–water partition coefficient (Wildman–Crippen LogP) is 1.18. The third-order valence-corrected chi connectivity index (χ3v) is 4.16. The van der Waals surface area contributed by atoms with Crippen LogP contribution in [0.4, 0.5) is 0 Å². The van der Waals surface area contributed by atoms with Gasteiger partial charge in [0, 0.05) is 45.3 Å². The summed E-state index contributed by atoms with van der Waals surface area (Å²) in [6.07, 6.45) is 1.31. The molecule has 1 atom stereocenters. The molecule has 1 unspecified atom stereocenters. The SMILES string of the molecule is C=C(CN1CCNCC1)C1CCN(C(C)C)C1. The van der Waals surface area contributed by atoms with Crippen LogP contribution >= 0.6 is 0 Å². The number of rotatable bonds is 4. The number of nitrogens with one attached hydrogen (secondary N) is 1. The molecule has 2 rings (SSSR count). The third-order valence-electron chi connectivity index (χ3n) is 4.16. The van der Waals surface area contributed by atoms with Crippen LogP contribution in [0.2, 0.25) is 0 Å². The second-order valence-electron chi connectivity index (χ2n) is 5.76. The van der Waals surface area contributed by atoms with Gasteiger partial charge in [0.2, 0.25) is 0 Å². The fourth-order valence-corrected chi connectivity index (χ4v) is 2.88. The molecule has 2 saturated heterocycles. The average Bonchev–Trinajstić information content (AvgIpc) is 2.79. The molecule has 0 aromatic rings. The van der Waals surface area contributed by atoms with E-state index in [9.17, 15) is 0 Å². The fourth-order valence-electron chi connectivity index (χ4n) is 2.88. The Labute approximate surface area is 106 Å². The molecule has 2 fully saturated rings. The largest absolute Gasteiger partial charge is 0.314 e. The van der Waals surface area contributed by atoms with E-state index in [0.717, 1.165) is 25.6 Å². The quantitative estimate of drug-likeness (QED) is 0.741. The minimum Gasteiger partial charge on any atom is -0.314 e. The number of piperazine rings is 1. The summed E-state index contributed by atoms with van der Waals surface area (Å²) in [6.45, 7) is 17.1. The van der Waals surface area contributed by atoms with E-state index in [0.29, 0.717) is 6.04 Å². The van der Waals surface area contributed by atoms with Crippen molar-refractivity contribution in [1.82, 2.24) is 15.1 Å². The molecule has 2 aliphatic rings.